The lowest BCUT2D eigenvalue weighted by Crippen LogP contribution is -2.04. The molecule has 50 heavy (non-hydrogen) atoms. The summed E-state index contributed by atoms with van der Waals surface area (Å²) >= 11 is 0. The van der Waals surface area contributed by atoms with Crippen LogP contribution < -0.4 is 0 Å². The molecule has 0 bridgehead atoms. The highest BCUT2D eigenvalue weighted by Crippen LogP contribution is 2.29. The van der Waals surface area contributed by atoms with Crippen LogP contribution in [0.1, 0.15) is 230 Å². The summed E-state index contributed by atoms with van der Waals surface area (Å²) in [5.74, 6) is 0. The Morgan fingerprint density at radius 1 is 0.420 bits per heavy atom. The summed E-state index contributed by atoms with van der Waals surface area (Å²) in [5, 5.41) is 2.08. The van der Waals surface area contributed by atoms with Crippen LogP contribution >= 0.6 is 0 Å². The zero-order valence-corrected chi connectivity index (χ0v) is 33.9. The lowest BCUT2D eigenvalue weighted by atomic mass is 9.95. The molecule has 0 aliphatic heterocycles. The van der Waals surface area contributed by atoms with Gasteiger partial charge in [0.1, 0.15) is 0 Å². The van der Waals surface area contributed by atoms with Crippen LogP contribution in [-0.2, 0) is 23.0 Å². The van der Waals surface area contributed by atoms with Crippen molar-refractivity contribution in [2.45, 2.75) is 237 Å². The van der Waals surface area contributed by atoms with E-state index < -0.39 is 10.1 Å². The molecule has 0 unspecified atom stereocenters. The van der Waals surface area contributed by atoms with Gasteiger partial charge in [0.15, 0.2) is 0 Å². The third kappa shape index (κ3) is 21.9. The van der Waals surface area contributed by atoms with Crippen molar-refractivity contribution in [2.24, 2.45) is 0 Å². The van der Waals surface area contributed by atoms with Gasteiger partial charge in [-0.2, -0.15) is 8.42 Å². The van der Waals surface area contributed by atoms with Gasteiger partial charge in [-0.25, -0.2) is 0 Å². The Morgan fingerprint density at radius 2 is 0.740 bits per heavy atom. The second-order valence-corrected chi connectivity index (χ2v) is 17.1. The fraction of sp³-hybridized carbons (Fsp3) is 0.783. The number of unbranched alkanes of at least 4 members (excludes halogenated alkanes) is 30. The molecule has 0 atom stereocenters. The maximum atomic E-state index is 12.3. The Balaban J connectivity index is 1.62. The van der Waals surface area contributed by atoms with Gasteiger partial charge in [-0.1, -0.05) is 231 Å². The predicted molar refractivity (Wildman–Crippen MR) is 220 cm³/mol. The van der Waals surface area contributed by atoms with Crippen LogP contribution in [0, 0.1) is 0 Å². The quantitative estimate of drug-likeness (QED) is 0.0572. The minimum absolute atomic E-state index is 0.102. The molecule has 1 N–H and O–H groups in total. The Hall–Kier alpha value is -1.39. The van der Waals surface area contributed by atoms with Gasteiger partial charge in [-0.05, 0) is 53.6 Å². The zero-order chi connectivity index (χ0) is 36.0. The van der Waals surface area contributed by atoms with E-state index in [2.05, 4.69) is 32.0 Å². The molecule has 2 aromatic carbocycles. The highest BCUT2D eigenvalue weighted by molar-refractivity contribution is 7.85. The summed E-state index contributed by atoms with van der Waals surface area (Å²) in [6.07, 6.45) is 44.9. The Bertz CT molecular complexity index is 1190. The fourth-order valence-corrected chi connectivity index (χ4v) is 8.55. The molecule has 0 amide bonds. The minimum atomic E-state index is -4.25. The molecule has 0 aliphatic rings. The van der Waals surface area contributed by atoms with E-state index in [-0.39, 0.29) is 4.90 Å². The largest absolute Gasteiger partial charge is 0.294 e. The van der Waals surface area contributed by atoms with Crippen molar-refractivity contribution in [1.29, 1.82) is 0 Å². The van der Waals surface area contributed by atoms with E-state index in [1.54, 1.807) is 6.07 Å². The minimum Gasteiger partial charge on any atom is -0.282 e. The third-order valence-electron chi connectivity index (χ3n) is 11.0. The molecule has 0 saturated carbocycles. The standard InChI is InChI=1S/C46H80O3S/c1-3-5-7-9-11-13-15-17-19-21-23-25-27-29-31-33-35-42-37-38-43-39-40-46(50(47,48)49)44(45(43)41-42)36-34-32-30-28-26-24-22-20-18-16-14-12-10-8-6-4-2/h37-41H,3-36H2,1-2H3,(H,47,48,49). The van der Waals surface area contributed by atoms with Gasteiger partial charge in [0.2, 0.25) is 0 Å². The lowest BCUT2D eigenvalue weighted by molar-refractivity contribution is 0.482. The lowest BCUT2D eigenvalue weighted by Gasteiger charge is -2.13. The first-order valence-corrected chi connectivity index (χ1v) is 23.4. The van der Waals surface area contributed by atoms with Gasteiger partial charge in [-0.15, -0.1) is 0 Å². The fourth-order valence-electron chi connectivity index (χ4n) is 7.79. The number of rotatable bonds is 35. The molecule has 4 heteroatoms. The van der Waals surface area contributed by atoms with E-state index in [0.29, 0.717) is 6.42 Å². The first kappa shape index (κ1) is 44.8. The maximum absolute atomic E-state index is 12.3. The monoisotopic (exact) mass is 713 g/mol. The van der Waals surface area contributed by atoms with E-state index in [9.17, 15) is 13.0 Å². The van der Waals surface area contributed by atoms with Gasteiger partial charge in [0.25, 0.3) is 10.1 Å². The van der Waals surface area contributed by atoms with Crippen LogP contribution in [0.4, 0.5) is 0 Å². The van der Waals surface area contributed by atoms with Gasteiger partial charge in [-0.3, -0.25) is 4.55 Å². The van der Waals surface area contributed by atoms with Crippen molar-refractivity contribution in [1.82, 2.24) is 0 Å². The molecule has 0 radical (unpaired) electrons. The molecule has 0 saturated heterocycles. The summed E-state index contributed by atoms with van der Waals surface area (Å²) in [4.78, 5) is 0.102. The molecule has 0 aliphatic carbocycles. The summed E-state index contributed by atoms with van der Waals surface area (Å²) in [5.41, 5.74) is 2.09. The first-order valence-electron chi connectivity index (χ1n) is 22.0. The molecular weight excluding hydrogens is 633 g/mol. The van der Waals surface area contributed by atoms with Crippen LogP contribution in [0.2, 0.25) is 0 Å². The molecule has 0 fully saturated rings. The van der Waals surface area contributed by atoms with E-state index in [1.165, 1.54) is 198 Å². The van der Waals surface area contributed by atoms with Crippen molar-refractivity contribution < 1.29 is 13.0 Å². The number of hydrogen-bond acceptors (Lipinski definition) is 2. The smallest absolute Gasteiger partial charge is 0.282 e. The normalized spacial score (nSPS) is 12.0. The SMILES string of the molecule is CCCCCCCCCCCCCCCCCCc1ccc2ccc(S(=O)(=O)O)c(CCCCCCCCCCCCCCCCCC)c2c1. The van der Waals surface area contributed by atoms with Gasteiger partial charge in [0.05, 0.1) is 4.90 Å². The zero-order valence-electron chi connectivity index (χ0n) is 33.1. The van der Waals surface area contributed by atoms with Crippen molar-refractivity contribution in [3.63, 3.8) is 0 Å². The Morgan fingerprint density at radius 3 is 1.10 bits per heavy atom. The van der Waals surface area contributed by atoms with Crippen molar-refractivity contribution in [3.8, 4) is 0 Å². The average Bonchev–Trinajstić information content (AvgIpc) is 3.10. The molecule has 0 spiro atoms. The number of hydrogen-bond donors (Lipinski definition) is 1. The van der Waals surface area contributed by atoms with Crippen molar-refractivity contribution in [3.05, 3.63) is 41.5 Å². The van der Waals surface area contributed by atoms with Gasteiger partial charge in [0, 0.05) is 0 Å². The Kier molecular flexibility index (Phi) is 27.0. The van der Waals surface area contributed by atoms with Crippen molar-refractivity contribution in [2.75, 3.05) is 0 Å². The molecular formula is C46H80O3S. The maximum Gasteiger partial charge on any atom is 0.294 e. The van der Waals surface area contributed by atoms with Gasteiger partial charge < -0.3 is 0 Å². The van der Waals surface area contributed by atoms with E-state index >= 15 is 0 Å². The van der Waals surface area contributed by atoms with Crippen LogP contribution in [0.15, 0.2) is 35.2 Å². The van der Waals surface area contributed by atoms with E-state index in [1.807, 2.05) is 6.07 Å². The highest BCUT2D eigenvalue weighted by atomic mass is 32.2. The highest BCUT2D eigenvalue weighted by Gasteiger charge is 2.18. The molecule has 2 rings (SSSR count). The summed E-state index contributed by atoms with van der Waals surface area (Å²) < 4.78 is 34.8. The number of fused-ring (bicyclic) bond motifs is 1. The molecule has 0 aromatic heterocycles. The van der Waals surface area contributed by atoms with Crippen molar-refractivity contribution >= 4 is 20.9 Å². The summed E-state index contributed by atoms with van der Waals surface area (Å²) in [7, 11) is -4.25. The number of aryl methyl sites for hydroxylation is 2. The second kappa shape index (κ2) is 30.1. The number of benzene rings is 2. The molecule has 3 nitrogen and oxygen atoms in total. The molecule has 2 aromatic rings. The third-order valence-corrected chi connectivity index (χ3v) is 12.0. The van der Waals surface area contributed by atoms with Crippen LogP contribution in [0.25, 0.3) is 10.8 Å². The average molecular weight is 713 g/mol. The molecule has 288 valence electrons. The van der Waals surface area contributed by atoms with E-state index in [4.69, 9.17) is 0 Å². The summed E-state index contributed by atoms with van der Waals surface area (Å²) in [6, 6.07) is 10.0. The predicted octanol–water partition coefficient (Wildman–Crippen LogP) is 15.7. The van der Waals surface area contributed by atoms with E-state index in [0.717, 1.165) is 35.6 Å². The summed E-state index contributed by atoms with van der Waals surface area (Å²) in [6.45, 7) is 4.57. The molecule has 0 heterocycles. The first-order chi connectivity index (χ1) is 24.5. The topological polar surface area (TPSA) is 54.4 Å². The second-order valence-electron chi connectivity index (χ2n) is 15.7. The Labute approximate surface area is 311 Å². The van der Waals surface area contributed by atoms with Crippen LogP contribution in [-0.4, -0.2) is 13.0 Å². The van der Waals surface area contributed by atoms with Crippen LogP contribution in [0.5, 0.6) is 0 Å². The van der Waals surface area contributed by atoms with Crippen LogP contribution in [0.3, 0.4) is 0 Å². The van der Waals surface area contributed by atoms with Gasteiger partial charge >= 0.3 is 0 Å².